The van der Waals surface area contributed by atoms with E-state index in [4.69, 9.17) is 10.0 Å². The van der Waals surface area contributed by atoms with Crippen molar-refractivity contribution in [2.45, 2.75) is 7.43 Å². The summed E-state index contributed by atoms with van der Waals surface area (Å²) in [5, 5.41) is 30.6. The summed E-state index contributed by atoms with van der Waals surface area (Å²) in [6.07, 6.45) is 0. The second kappa shape index (κ2) is 14.2. The molecule has 0 amide bonds. The zero-order valence-corrected chi connectivity index (χ0v) is 20.3. The third kappa shape index (κ3) is 8.67. The number of nitrogens with one attached hydrogen (secondary N) is 2. The average molecular weight is 586 g/mol. The fourth-order valence-corrected chi connectivity index (χ4v) is 3.31. The van der Waals surface area contributed by atoms with Gasteiger partial charge in [0.25, 0.3) is 0 Å². The van der Waals surface area contributed by atoms with Gasteiger partial charge in [-0.25, -0.2) is 4.98 Å². The summed E-state index contributed by atoms with van der Waals surface area (Å²) in [6, 6.07) is 28.6. The molecule has 0 aliphatic heterocycles. The van der Waals surface area contributed by atoms with Crippen molar-refractivity contribution in [2.24, 2.45) is 0 Å². The molecule has 2 heterocycles. The van der Waals surface area contributed by atoms with Crippen molar-refractivity contribution in [3.05, 3.63) is 100 Å². The largest absolute Gasteiger partial charge is 0.488 e. The number of hydrogen-bond acceptors (Lipinski definition) is 6. The minimum absolute atomic E-state index is 0. The Balaban J connectivity index is 0.000000203. The lowest BCUT2D eigenvalue weighted by Crippen LogP contribution is -2.29. The van der Waals surface area contributed by atoms with Crippen LogP contribution in [-0.4, -0.2) is 47.5 Å². The molecule has 0 saturated heterocycles. The molecule has 0 aliphatic rings. The van der Waals surface area contributed by atoms with Gasteiger partial charge in [-0.2, -0.15) is 10.1 Å². The number of nitrogens with zero attached hydrogens (tertiary/aromatic N) is 4. The highest BCUT2D eigenvalue weighted by Gasteiger charge is 2.07. The van der Waals surface area contributed by atoms with E-state index in [0.29, 0.717) is 14.9 Å². The van der Waals surface area contributed by atoms with Crippen molar-refractivity contribution in [1.29, 1.82) is 0 Å². The molecule has 2 aromatic heterocycles. The van der Waals surface area contributed by atoms with E-state index >= 15 is 0 Å². The van der Waals surface area contributed by atoms with E-state index in [-0.39, 0.29) is 7.43 Å². The summed E-state index contributed by atoms with van der Waals surface area (Å²) in [5.74, 6) is 1.52. The first-order valence-corrected chi connectivity index (χ1v) is 11.3. The first kappa shape index (κ1) is 27.1. The molecule has 5 aromatic rings. The van der Waals surface area contributed by atoms with Crippen LogP contribution in [0.5, 0.6) is 0 Å². The molecule has 0 spiro atoms. The molecule has 174 valence electrons. The SMILES string of the molecule is Brc1n[nH]c(Br)n1.C.OB(O)c1ccccc1.c1ccc(-c2n[nH]c(-c3ccccc3)n2)cc1. The van der Waals surface area contributed by atoms with Gasteiger partial charge in [-0.05, 0) is 37.3 Å². The van der Waals surface area contributed by atoms with Crippen molar-refractivity contribution in [3.8, 4) is 22.8 Å². The van der Waals surface area contributed by atoms with Crippen molar-refractivity contribution in [2.75, 3.05) is 0 Å². The van der Waals surface area contributed by atoms with Crippen LogP contribution in [0.1, 0.15) is 7.43 Å². The Hall–Kier alpha value is -3.12. The first-order chi connectivity index (χ1) is 16.0. The topological polar surface area (TPSA) is 124 Å². The van der Waals surface area contributed by atoms with Gasteiger partial charge in [-0.1, -0.05) is 98.4 Å². The number of rotatable bonds is 3. The van der Waals surface area contributed by atoms with Crippen LogP contribution in [-0.2, 0) is 0 Å². The molecule has 0 atom stereocenters. The van der Waals surface area contributed by atoms with Gasteiger partial charge in [0.2, 0.25) is 4.73 Å². The summed E-state index contributed by atoms with van der Waals surface area (Å²) in [7, 11) is -1.34. The van der Waals surface area contributed by atoms with Crippen molar-refractivity contribution < 1.29 is 10.0 Å². The lowest BCUT2D eigenvalue weighted by molar-refractivity contribution is 0.426. The maximum Gasteiger partial charge on any atom is 0.488 e. The molecular formula is C23H23BBr2N6O2. The summed E-state index contributed by atoms with van der Waals surface area (Å²) in [4.78, 5) is 8.26. The number of aromatic nitrogens is 6. The molecule has 8 nitrogen and oxygen atoms in total. The lowest BCUT2D eigenvalue weighted by atomic mass is 9.81. The summed E-state index contributed by atoms with van der Waals surface area (Å²) in [6.45, 7) is 0. The number of benzene rings is 3. The zero-order valence-electron chi connectivity index (χ0n) is 17.2. The van der Waals surface area contributed by atoms with Gasteiger partial charge in [0.15, 0.2) is 16.4 Å². The summed E-state index contributed by atoms with van der Waals surface area (Å²) >= 11 is 6.12. The average Bonchev–Trinajstić information content (AvgIpc) is 3.50. The molecule has 3 aromatic carbocycles. The standard InChI is InChI=1S/C14H11N3.C6H7BO2.C2HBr2N3.CH4/c1-3-7-11(8-4-1)13-15-14(17-16-13)12-9-5-2-6-10-12;8-7(9)6-4-2-1-3-5-6;3-1-5-2(4)7-6-1;/h1-10H,(H,15,16,17);1-5,8-9H;(H,5,6,7);1H4. The van der Waals surface area contributed by atoms with Gasteiger partial charge >= 0.3 is 7.12 Å². The van der Waals surface area contributed by atoms with E-state index in [9.17, 15) is 0 Å². The van der Waals surface area contributed by atoms with E-state index < -0.39 is 7.12 Å². The Bertz CT molecular complexity index is 1150. The monoisotopic (exact) mass is 584 g/mol. The van der Waals surface area contributed by atoms with Crippen LogP contribution >= 0.6 is 31.9 Å². The molecule has 0 fully saturated rings. The highest BCUT2D eigenvalue weighted by Crippen LogP contribution is 2.19. The smallest absolute Gasteiger partial charge is 0.423 e. The van der Waals surface area contributed by atoms with Crippen LogP contribution in [0.4, 0.5) is 0 Å². The normalized spacial score (nSPS) is 9.53. The van der Waals surface area contributed by atoms with Gasteiger partial charge in [-0.3, -0.25) is 10.2 Å². The van der Waals surface area contributed by atoms with E-state index in [0.717, 1.165) is 22.8 Å². The van der Waals surface area contributed by atoms with Gasteiger partial charge in [-0.15, -0.1) is 5.10 Å². The maximum absolute atomic E-state index is 8.58. The minimum Gasteiger partial charge on any atom is -0.423 e. The van der Waals surface area contributed by atoms with Crippen LogP contribution in [0.15, 0.2) is 100 Å². The van der Waals surface area contributed by atoms with Crippen LogP contribution < -0.4 is 5.46 Å². The summed E-state index contributed by atoms with van der Waals surface area (Å²) in [5.41, 5.74) is 2.59. The van der Waals surface area contributed by atoms with E-state index in [1.807, 2.05) is 66.7 Å². The number of halogens is 2. The Morgan fingerprint density at radius 1 is 0.647 bits per heavy atom. The predicted octanol–water partition coefficient (Wildman–Crippen LogP) is 4.47. The molecule has 11 heteroatoms. The van der Waals surface area contributed by atoms with Gasteiger partial charge in [0, 0.05) is 11.1 Å². The fraction of sp³-hybridized carbons (Fsp3) is 0.0435. The van der Waals surface area contributed by atoms with E-state index in [2.05, 4.69) is 62.2 Å². The highest BCUT2D eigenvalue weighted by molar-refractivity contribution is 9.11. The number of hydrogen-bond donors (Lipinski definition) is 4. The second-order valence-corrected chi connectivity index (χ2v) is 7.88. The van der Waals surface area contributed by atoms with Gasteiger partial charge in [0.05, 0.1) is 0 Å². The molecule has 0 saturated carbocycles. The Kier molecular flexibility index (Phi) is 11.3. The molecular weight excluding hydrogens is 563 g/mol. The first-order valence-electron chi connectivity index (χ1n) is 9.70. The molecule has 0 bridgehead atoms. The van der Waals surface area contributed by atoms with E-state index in [1.54, 1.807) is 24.3 Å². The number of aromatic amines is 2. The van der Waals surface area contributed by atoms with Crippen LogP contribution in [0.25, 0.3) is 22.8 Å². The van der Waals surface area contributed by atoms with E-state index in [1.165, 1.54) is 0 Å². The molecule has 0 radical (unpaired) electrons. The lowest BCUT2D eigenvalue weighted by Gasteiger charge is -1.94. The van der Waals surface area contributed by atoms with Crippen molar-refractivity contribution >= 4 is 44.4 Å². The van der Waals surface area contributed by atoms with Crippen LogP contribution in [0, 0.1) is 0 Å². The van der Waals surface area contributed by atoms with Crippen LogP contribution in [0.3, 0.4) is 0 Å². The van der Waals surface area contributed by atoms with Gasteiger partial charge < -0.3 is 10.0 Å². The van der Waals surface area contributed by atoms with Gasteiger partial charge in [0.1, 0.15) is 0 Å². The molecule has 0 aliphatic carbocycles. The minimum atomic E-state index is -1.34. The molecule has 4 N–H and O–H groups in total. The predicted molar refractivity (Wildman–Crippen MR) is 142 cm³/mol. The fourth-order valence-electron chi connectivity index (χ4n) is 2.55. The van der Waals surface area contributed by atoms with Crippen LogP contribution in [0.2, 0.25) is 0 Å². The summed E-state index contributed by atoms with van der Waals surface area (Å²) < 4.78 is 1.21. The van der Waals surface area contributed by atoms with Crippen molar-refractivity contribution in [3.63, 3.8) is 0 Å². The Morgan fingerprint density at radius 3 is 1.59 bits per heavy atom. The Morgan fingerprint density at radius 2 is 1.18 bits per heavy atom. The number of H-pyrrole nitrogens is 2. The Labute approximate surface area is 214 Å². The third-order valence-corrected chi connectivity index (χ3v) is 4.80. The zero-order chi connectivity index (χ0) is 23.5. The molecule has 34 heavy (non-hydrogen) atoms. The maximum atomic E-state index is 8.58. The quantitative estimate of drug-likeness (QED) is 0.232. The third-order valence-electron chi connectivity index (χ3n) is 4.09. The molecule has 0 unspecified atom stereocenters. The molecule has 5 rings (SSSR count). The highest BCUT2D eigenvalue weighted by atomic mass is 79.9. The second-order valence-electron chi connectivity index (χ2n) is 6.42. The van der Waals surface area contributed by atoms with Crippen molar-refractivity contribution in [1.82, 2.24) is 30.4 Å².